The van der Waals surface area contributed by atoms with Crippen LogP contribution in [0.15, 0.2) is 12.1 Å². The van der Waals surface area contributed by atoms with E-state index in [1.165, 1.54) is 0 Å². The van der Waals surface area contributed by atoms with E-state index < -0.39 is 5.91 Å². The van der Waals surface area contributed by atoms with Crippen LogP contribution in [0.25, 0.3) is 0 Å². The number of pyridine rings is 1. The van der Waals surface area contributed by atoms with Gasteiger partial charge in [0.05, 0.1) is 6.04 Å². The van der Waals surface area contributed by atoms with Crippen molar-refractivity contribution in [1.29, 1.82) is 0 Å². The maximum Gasteiger partial charge on any atom is 0.248 e. The smallest absolute Gasteiger partial charge is 0.248 e. The molecule has 0 unspecified atom stereocenters. The first kappa shape index (κ1) is 9.92. The summed E-state index contributed by atoms with van der Waals surface area (Å²) < 4.78 is 0. The van der Waals surface area contributed by atoms with Gasteiger partial charge in [-0.2, -0.15) is 0 Å². The zero-order valence-electron chi connectivity index (χ0n) is 8.58. The van der Waals surface area contributed by atoms with Crippen LogP contribution in [0.3, 0.4) is 0 Å². The average Bonchev–Trinajstić information content (AvgIpc) is 2.10. The second kappa shape index (κ2) is 3.86. The first-order chi connectivity index (χ1) is 7.15. The van der Waals surface area contributed by atoms with Crippen molar-refractivity contribution in [1.82, 2.24) is 10.3 Å². The van der Waals surface area contributed by atoms with Crippen LogP contribution in [0, 0.1) is 6.92 Å². The molecule has 1 saturated heterocycles. The number of hydrogen-bond donors (Lipinski definition) is 3. The Balaban J connectivity index is 2.18. The number of aromatic nitrogens is 1. The maximum atomic E-state index is 11.0. The van der Waals surface area contributed by atoms with E-state index in [4.69, 9.17) is 5.73 Å². The molecule has 1 aromatic heterocycles. The zero-order chi connectivity index (χ0) is 10.8. The number of primary amides is 1. The fourth-order valence-corrected chi connectivity index (χ4v) is 1.48. The predicted molar refractivity (Wildman–Crippen MR) is 57.8 cm³/mol. The molecular formula is C10H14N4O. The summed E-state index contributed by atoms with van der Waals surface area (Å²) in [6.45, 7) is 3.71. The van der Waals surface area contributed by atoms with Gasteiger partial charge in [-0.15, -0.1) is 0 Å². The molecule has 1 fully saturated rings. The Morgan fingerprint density at radius 2 is 2.33 bits per heavy atom. The molecule has 5 heteroatoms. The van der Waals surface area contributed by atoms with Gasteiger partial charge in [-0.25, -0.2) is 4.98 Å². The van der Waals surface area contributed by atoms with Gasteiger partial charge in [-0.3, -0.25) is 4.79 Å². The molecule has 0 radical (unpaired) electrons. The van der Waals surface area contributed by atoms with Gasteiger partial charge in [-0.1, -0.05) is 0 Å². The number of aryl methyl sites for hydroxylation is 1. The lowest BCUT2D eigenvalue weighted by molar-refractivity contribution is 0.1000. The number of carbonyl (C=O) groups is 1. The van der Waals surface area contributed by atoms with E-state index in [1.54, 1.807) is 12.1 Å². The lowest BCUT2D eigenvalue weighted by atomic mass is 10.1. The lowest BCUT2D eigenvalue weighted by Gasteiger charge is -2.28. The number of carbonyl (C=O) groups excluding carboxylic acids is 1. The third-order valence-electron chi connectivity index (χ3n) is 2.37. The molecule has 0 spiro atoms. The van der Waals surface area contributed by atoms with Gasteiger partial charge >= 0.3 is 0 Å². The first-order valence-electron chi connectivity index (χ1n) is 4.91. The molecule has 2 heterocycles. The fourth-order valence-electron chi connectivity index (χ4n) is 1.48. The van der Waals surface area contributed by atoms with Crippen LogP contribution in [0.1, 0.15) is 16.1 Å². The normalized spacial score (nSPS) is 15.8. The summed E-state index contributed by atoms with van der Waals surface area (Å²) in [6.07, 6.45) is 0. The molecular weight excluding hydrogens is 192 g/mol. The number of rotatable bonds is 3. The van der Waals surface area contributed by atoms with Crippen LogP contribution in [0.5, 0.6) is 0 Å². The molecule has 5 nitrogen and oxygen atoms in total. The lowest BCUT2D eigenvalue weighted by Crippen LogP contribution is -2.51. The summed E-state index contributed by atoms with van der Waals surface area (Å²) in [5.74, 6) is 0.297. The SMILES string of the molecule is Cc1cc(C(N)=O)cc(NC2CNC2)n1. The Morgan fingerprint density at radius 1 is 1.60 bits per heavy atom. The van der Waals surface area contributed by atoms with E-state index in [-0.39, 0.29) is 0 Å². The van der Waals surface area contributed by atoms with Crippen molar-refractivity contribution in [3.63, 3.8) is 0 Å². The molecule has 0 saturated carbocycles. The minimum Gasteiger partial charge on any atom is -0.366 e. The maximum absolute atomic E-state index is 11.0. The Morgan fingerprint density at radius 3 is 2.87 bits per heavy atom. The second-order valence-electron chi connectivity index (χ2n) is 3.75. The Bertz CT molecular complexity index is 387. The van der Waals surface area contributed by atoms with Gasteiger partial charge in [0.2, 0.25) is 5.91 Å². The van der Waals surface area contributed by atoms with Crippen molar-refractivity contribution in [2.75, 3.05) is 18.4 Å². The van der Waals surface area contributed by atoms with Gasteiger partial charge in [-0.05, 0) is 19.1 Å². The Hall–Kier alpha value is -1.62. The van der Waals surface area contributed by atoms with Crippen LogP contribution >= 0.6 is 0 Å². The van der Waals surface area contributed by atoms with Gasteiger partial charge in [0.1, 0.15) is 5.82 Å². The molecule has 0 aromatic carbocycles. The van der Waals surface area contributed by atoms with Gasteiger partial charge in [0, 0.05) is 24.3 Å². The highest BCUT2D eigenvalue weighted by atomic mass is 16.1. The highest BCUT2D eigenvalue weighted by molar-refractivity contribution is 5.93. The Labute approximate surface area is 88.1 Å². The summed E-state index contributed by atoms with van der Waals surface area (Å²) in [7, 11) is 0. The van der Waals surface area contributed by atoms with Crippen molar-refractivity contribution in [2.45, 2.75) is 13.0 Å². The molecule has 0 aliphatic carbocycles. The van der Waals surface area contributed by atoms with Crippen molar-refractivity contribution in [2.24, 2.45) is 5.73 Å². The molecule has 2 rings (SSSR count). The predicted octanol–water partition coefficient (Wildman–Crippen LogP) is -0.127. The topological polar surface area (TPSA) is 80.0 Å². The van der Waals surface area contributed by atoms with E-state index in [1.807, 2.05) is 6.92 Å². The van der Waals surface area contributed by atoms with E-state index in [9.17, 15) is 4.79 Å². The monoisotopic (exact) mass is 206 g/mol. The van der Waals surface area contributed by atoms with E-state index >= 15 is 0 Å². The highest BCUT2D eigenvalue weighted by Crippen LogP contribution is 2.11. The van der Waals surface area contributed by atoms with Crippen LogP contribution in [0.4, 0.5) is 5.82 Å². The fraction of sp³-hybridized carbons (Fsp3) is 0.400. The van der Waals surface area contributed by atoms with Crippen molar-refractivity contribution >= 4 is 11.7 Å². The minimum absolute atomic E-state index is 0.403. The average molecular weight is 206 g/mol. The van der Waals surface area contributed by atoms with E-state index in [0.717, 1.165) is 24.6 Å². The van der Waals surface area contributed by atoms with Gasteiger partial charge < -0.3 is 16.4 Å². The third kappa shape index (κ3) is 2.24. The zero-order valence-corrected chi connectivity index (χ0v) is 8.58. The summed E-state index contributed by atoms with van der Waals surface area (Å²) in [4.78, 5) is 15.3. The number of anilines is 1. The molecule has 0 bridgehead atoms. The molecule has 1 aliphatic heterocycles. The van der Waals surface area contributed by atoms with E-state index in [2.05, 4.69) is 15.6 Å². The summed E-state index contributed by atoms with van der Waals surface area (Å²) >= 11 is 0. The molecule has 0 atom stereocenters. The van der Waals surface area contributed by atoms with Crippen molar-refractivity contribution in [3.05, 3.63) is 23.4 Å². The molecule has 1 aliphatic rings. The third-order valence-corrected chi connectivity index (χ3v) is 2.37. The van der Waals surface area contributed by atoms with Crippen LogP contribution < -0.4 is 16.4 Å². The summed E-state index contributed by atoms with van der Waals surface area (Å²) in [5.41, 5.74) is 6.51. The molecule has 4 N–H and O–H groups in total. The number of nitrogens with zero attached hydrogens (tertiary/aromatic N) is 1. The number of nitrogens with one attached hydrogen (secondary N) is 2. The molecule has 1 amide bonds. The van der Waals surface area contributed by atoms with Crippen molar-refractivity contribution in [3.8, 4) is 0 Å². The first-order valence-corrected chi connectivity index (χ1v) is 4.91. The summed E-state index contributed by atoms with van der Waals surface area (Å²) in [6, 6.07) is 3.78. The summed E-state index contributed by atoms with van der Waals surface area (Å²) in [5, 5.41) is 6.38. The number of nitrogens with two attached hydrogens (primary N) is 1. The second-order valence-corrected chi connectivity index (χ2v) is 3.75. The molecule has 1 aromatic rings. The number of hydrogen-bond acceptors (Lipinski definition) is 4. The minimum atomic E-state index is -0.421. The quantitative estimate of drug-likeness (QED) is 0.643. The standard InChI is InChI=1S/C10H14N4O/c1-6-2-7(10(11)15)3-9(13-6)14-8-4-12-5-8/h2-3,8,12H,4-5H2,1H3,(H2,11,15)(H,13,14). The molecule has 80 valence electrons. The Kier molecular flexibility index (Phi) is 2.55. The number of amides is 1. The van der Waals surface area contributed by atoms with Crippen LogP contribution in [-0.4, -0.2) is 30.0 Å². The van der Waals surface area contributed by atoms with Crippen molar-refractivity contribution < 1.29 is 4.79 Å². The van der Waals surface area contributed by atoms with Gasteiger partial charge in [0.15, 0.2) is 0 Å². The molecule has 15 heavy (non-hydrogen) atoms. The van der Waals surface area contributed by atoms with E-state index in [0.29, 0.717) is 11.6 Å². The van der Waals surface area contributed by atoms with Crippen LogP contribution in [-0.2, 0) is 0 Å². The van der Waals surface area contributed by atoms with Gasteiger partial charge in [0.25, 0.3) is 0 Å². The largest absolute Gasteiger partial charge is 0.366 e. The highest BCUT2D eigenvalue weighted by Gasteiger charge is 2.17. The van der Waals surface area contributed by atoms with Crippen LogP contribution in [0.2, 0.25) is 0 Å².